The van der Waals surface area contributed by atoms with Crippen LogP contribution in [0.15, 0.2) is 42.5 Å². The second-order valence-corrected chi connectivity index (χ2v) is 4.63. The molecule has 0 aliphatic rings. The minimum Gasteiger partial charge on any atom is -0.399 e. The highest BCUT2D eigenvalue weighted by Gasteiger charge is 2.14. The van der Waals surface area contributed by atoms with E-state index in [4.69, 9.17) is 17.3 Å². The third kappa shape index (κ3) is 2.23. The van der Waals surface area contributed by atoms with Crippen LogP contribution in [0.1, 0.15) is 0 Å². The van der Waals surface area contributed by atoms with Crippen molar-refractivity contribution in [3.63, 3.8) is 0 Å². The largest absolute Gasteiger partial charge is 0.399 e. The summed E-state index contributed by atoms with van der Waals surface area (Å²) in [7, 11) is 0. The maximum atomic E-state index is 13.8. The molecule has 0 saturated heterocycles. The first-order chi connectivity index (χ1) is 9.65. The van der Waals surface area contributed by atoms with E-state index >= 15 is 0 Å². The Labute approximate surface area is 119 Å². The number of anilines is 1. The number of aromatic nitrogens is 3. The van der Waals surface area contributed by atoms with Gasteiger partial charge in [0, 0.05) is 11.3 Å². The third-order valence-electron chi connectivity index (χ3n) is 2.85. The van der Waals surface area contributed by atoms with Crippen molar-refractivity contribution in [3.8, 4) is 22.8 Å². The molecule has 6 heteroatoms. The highest BCUT2D eigenvalue weighted by molar-refractivity contribution is 6.33. The van der Waals surface area contributed by atoms with Crippen LogP contribution in [0.5, 0.6) is 0 Å². The highest BCUT2D eigenvalue weighted by atomic mass is 35.5. The molecule has 100 valence electrons. The molecule has 0 saturated carbocycles. The average molecular weight is 289 g/mol. The molecule has 3 rings (SSSR count). The normalized spacial score (nSPS) is 10.7. The Kier molecular flexibility index (Phi) is 3.12. The van der Waals surface area contributed by atoms with Crippen molar-refractivity contribution in [1.82, 2.24) is 15.2 Å². The first-order valence-electron chi connectivity index (χ1n) is 5.88. The number of hydrogen-bond acceptors (Lipinski definition) is 3. The number of aromatic amines is 1. The van der Waals surface area contributed by atoms with E-state index in [0.29, 0.717) is 17.3 Å². The number of hydrogen-bond donors (Lipinski definition) is 2. The van der Waals surface area contributed by atoms with Crippen molar-refractivity contribution in [2.75, 3.05) is 5.73 Å². The summed E-state index contributed by atoms with van der Waals surface area (Å²) in [6.07, 6.45) is 0. The molecule has 0 radical (unpaired) electrons. The van der Waals surface area contributed by atoms with Crippen LogP contribution in [0.3, 0.4) is 0 Å². The lowest BCUT2D eigenvalue weighted by molar-refractivity contribution is 0.630. The molecule has 0 aliphatic carbocycles. The van der Waals surface area contributed by atoms with Crippen molar-refractivity contribution in [2.45, 2.75) is 0 Å². The minimum atomic E-state index is -0.447. The summed E-state index contributed by atoms with van der Waals surface area (Å²) < 4.78 is 13.8. The van der Waals surface area contributed by atoms with Crippen LogP contribution < -0.4 is 5.73 Å². The lowest BCUT2D eigenvalue weighted by atomic mass is 10.2. The molecule has 0 spiro atoms. The van der Waals surface area contributed by atoms with Crippen LogP contribution in [-0.2, 0) is 0 Å². The van der Waals surface area contributed by atoms with E-state index in [1.807, 2.05) is 0 Å². The number of nitrogens with one attached hydrogen (secondary N) is 1. The van der Waals surface area contributed by atoms with Gasteiger partial charge in [-0.05, 0) is 36.4 Å². The highest BCUT2D eigenvalue weighted by Crippen LogP contribution is 2.29. The topological polar surface area (TPSA) is 67.6 Å². The fourth-order valence-corrected chi connectivity index (χ4v) is 2.11. The fraction of sp³-hybridized carbons (Fsp3) is 0. The Morgan fingerprint density at radius 2 is 1.85 bits per heavy atom. The van der Waals surface area contributed by atoms with Crippen LogP contribution in [0.4, 0.5) is 10.1 Å². The van der Waals surface area contributed by atoms with E-state index in [9.17, 15) is 4.39 Å². The second kappa shape index (κ2) is 4.94. The zero-order valence-corrected chi connectivity index (χ0v) is 11.0. The molecule has 3 N–H and O–H groups in total. The Hall–Kier alpha value is -2.40. The zero-order chi connectivity index (χ0) is 14.1. The van der Waals surface area contributed by atoms with Crippen LogP contribution in [-0.4, -0.2) is 15.2 Å². The van der Waals surface area contributed by atoms with Gasteiger partial charge in [0.05, 0.1) is 10.6 Å². The molecule has 20 heavy (non-hydrogen) atoms. The predicted molar refractivity (Wildman–Crippen MR) is 76.6 cm³/mol. The molecule has 1 aromatic heterocycles. The van der Waals surface area contributed by atoms with Gasteiger partial charge >= 0.3 is 0 Å². The van der Waals surface area contributed by atoms with Gasteiger partial charge in [-0.3, -0.25) is 5.10 Å². The Morgan fingerprint density at radius 3 is 2.55 bits per heavy atom. The van der Waals surface area contributed by atoms with E-state index in [2.05, 4.69) is 15.2 Å². The fourth-order valence-electron chi connectivity index (χ4n) is 1.86. The van der Waals surface area contributed by atoms with Crippen LogP contribution >= 0.6 is 11.6 Å². The van der Waals surface area contributed by atoms with Gasteiger partial charge in [-0.2, -0.15) is 5.10 Å². The lowest BCUT2D eigenvalue weighted by Gasteiger charge is -2.00. The number of benzene rings is 2. The number of nitrogen functional groups attached to an aromatic ring is 1. The number of H-pyrrole nitrogens is 1. The molecule has 1 heterocycles. The molecule has 0 aliphatic heterocycles. The molecule has 0 bridgehead atoms. The van der Waals surface area contributed by atoms with Crippen molar-refractivity contribution < 1.29 is 4.39 Å². The van der Waals surface area contributed by atoms with Gasteiger partial charge in [0.25, 0.3) is 0 Å². The molecule has 0 unspecified atom stereocenters. The minimum absolute atomic E-state index is 0.211. The van der Waals surface area contributed by atoms with Gasteiger partial charge < -0.3 is 5.73 Å². The number of nitrogens with zero attached hydrogens (tertiary/aromatic N) is 2. The molecule has 0 atom stereocenters. The van der Waals surface area contributed by atoms with Gasteiger partial charge in [0.2, 0.25) is 0 Å². The van der Waals surface area contributed by atoms with Gasteiger partial charge in [-0.1, -0.05) is 17.7 Å². The van der Waals surface area contributed by atoms with Crippen LogP contribution in [0.25, 0.3) is 22.8 Å². The van der Waals surface area contributed by atoms with Crippen LogP contribution in [0.2, 0.25) is 5.02 Å². The number of nitrogens with two attached hydrogens (primary N) is 1. The van der Waals surface area contributed by atoms with E-state index in [1.54, 1.807) is 36.4 Å². The Balaban J connectivity index is 2.04. The number of halogens is 2. The summed E-state index contributed by atoms with van der Waals surface area (Å²) in [5.41, 5.74) is 7.28. The van der Waals surface area contributed by atoms with Crippen molar-refractivity contribution in [2.24, 2.45) is 0 Å². The average Bonchev–Trinajstić information content (AvgIpc) is 2.89. The molecular formula is C14H10ClFN4. The standard InChI is InChI=1S/C14H10ClFN4/c15-10-2-1-3-11(16)12(10)14-18-13(19-20-14)8-4-6-9(17)7-5-8/h1-7H,17H2,(H,18,19,20). The summed E-state index contributed by atoms with van der Waals surface area (Å²) in [6.45, 7) is 0. The van der Waals surface area contributed by atoms with Crippen molar-refractivity contribution >= 4 is 17.3 Å². The summed E-state index contributed by atoms with van der Waals surface area (Å²) in [6, 6.07) is 11.6. The van der Waals surface area contributed by atoms with Gasteiger partial charge in [-0.15, -0.1) is 0 Å². The van der Waals surface area contributed by atoms with Gasteiger partial charge in [0.15, 0.2) is 11.6 Å². The SMILES string of the molecule is Nc1ccc(-c2n[nH]c(-c3c(F)cccc3Cl)n2)cc1. The maximum Gasteiger partial charge on any atom is 0.181 e. The van der Waals surface area contributed by atoms with E-state index in [-0.39, 0.29) is 10.6 Å². The smallest absolute Gasteiger partial charge is 0.181 e. The molecule has 2 aromatic carbocycles. The first-order valence-corrected chi connectivity index (χ1v) is 6.25. The Morgan fingerprint density at radius 1 is 1.10 bits per heavy atom. The maximum absolute atomic E-state index is 13.8. The number of rotatable bonds is 2. The molecule has 0 fully saturated rings. The molecule has 0 amide bonds. The van der Waals surface area contributed by atoms with Gasteiger partial charge in [-0.25, -0.2) is 9.37 Å². The first kappa shape index (κ1) is 12.6. The Bertz CT molecular complexity index is 732. The van der Waals surface area contributed by atoms with Crippen LogP contribution in [0, 0.1) is 5.82 Å². The monoisotopic (exact) mass is 288 g/mol. The summed E-state index contributed by atoms with van der Waals surface area (Å²) in [5, 5.41) is 7.05. The van der Waals surface area contributed by atoms with Crippen molar-refractivity contribution in [3.05, 3.63) is 53.3 Å². The summed E-state index contributed by atoms with van der Waals surface area (Å²) >= 11 is 6.00. The summed E-state index contributed by atoms with van der Waals surface area (Å²) in [4.78, 5) is 4.27. The van der Waals surface area contributed by atoms with E-state index < -0.39 is 5.82 Å². The molecule has 3 aromatic rings. The predicted octanol–water partition coefficient (Wildman–Crippen LogP) is 3.51. The van der Waals surface area contributed by atoms with E-state index in [0.717, 1.165) is 5.56 Å². The van der Waals surface area contributed by atoms with Crippen molar-refractivity contribution in [1.29, 1.82) is 0 Å². The van der Waals surface area contributed by atoms with E-state index in [1.165, 1.54) is 6.07 Å². The van der Waals surface area contributed by atoms with Gasteiger partial charge in [0.1, 0.15) is 5.82 Å². The quantitative estimate of drug-likeness (QED) is 0.709. The summed E-state index contributed by atoms with van der Waals surface area (Å²) in [5.74, 6) is 0.303. The second-order valence-electron chi connectivity index (χ2n) is 4.23. The zero-order valence-electron chi connectivity index (χ0n) is 10.3. The molecule has 4 nitrogen and oxygen atoms in total. The third-order valence-corrected chi connectivity index (χ3v) is 3.17. The lowest BCUT2D eigenvalue weighted by Crippen LogP contribution is -1.88. The molecular weight excluding hydrogens is 279 g/mol.